The first-order chi connectivity index (χ1) is 18.4. The summed E-state index contributed by atoms with van der Waals surface area (Å²) in [5.74, 6) is 1.65. The van der Waals surface area contributed by atoms with Crippen LogP contribution in [0.5, 0.6) is 23.0 Å². The molecule has 2 heterocycles. The zero-order chi connectivity index (χ0) is 27.4. The van der Waals surface area contributed by atoms with Gasteiger partial charge in [0, 0.05) is 17.8 Å². The average molecular weight is 603 g/mol. The molecule has 0 aliphatic carbocycles. The van der Waals surface area contributed by atoms with E-state index in [0.717, 1.165) is 0 Å². The molecule has 0 saturated heterocycles. The van der Waals surface area contributed by atoms with Crippen LogP contribution in [0, 0.1) is 0 Å². The first-order valence-corrected chi connectivity index (χ1v) is 13.4. The Hall–Kier alpha value is -3.57. The number of carbonyl (C=O) groups excluding carboxylic acids is 1. The quantitative estimate of drug-likeness (QED) is 0.345. The third-order valence-corrected chi connectivity index (χ3v) is 7.42. The average Bonchev–Trinajstić information content (AvgIpc) is 3.24. The topological polar surface area (TPSA) is 97.6 Å². The van der Waals surface area contributed by atoms with Crippen molar-refractivity contribution in [3.63, 3.8) is 0 Å². The molecule has 0 radical (unpaired) electrons. The minimum Gasteiger partial charge on any atom is -0.496 e. The molecule has 0 amide bonds. The normalized spacial score (nSPS) is 14.7. The van der Waals surface area contributed by atoms with E-state index in [1.165, 1.54) is 29.2 Å². The van der Waals surface area contributed by atoms with E-state index in [1.807, 2.05) is 19.9 Å². The molecular weight excluding hydrogens is 576 g/mol. The summed E-state index contributed by atoms with van der Waals surface area (Å²) in [5.41, 5.74) is 1.24. The zero-order valence-corrected chi connectivity index (χ0v) is 24.0. The van der Waals surface area contributed by atoms with Crippen molar-refractivity contribution >= 4 is 39.3 Å². The van der Waals surface area contributed by atoms with E-state index in [1.54, 1.807) is 44.6 Å². The number of hydrogen-bond donors (Lipinski definition) is 0. The Bertz CT molecular complexity index is 1580. The van der Waals surface area contributed by atoms with Gasteiger partial charge in [0.25, 0.3) is 5.56 Å². The number of carbonyl (C=O) groups is 1. The number of hydrogen-bond acceptors (Lipinski definition) is 9. The first-order valence-electron chi connectivity index (χ1n) is 11.8. The van der Waals surface area contributed by atoms with Gasteiger partial charge in [0.1, 0.15) is 11.5 Å². The molecule has 38 heavy (non-hydrogen) atoms. The van der Waals surface area contributed by atoms with Gasteiger partial charge in [-0.1, -0.05) is 17.4 Å². The van der Waals surface area contributed by atoms with Crippen LogP contribution in [0.3, 0.4) is 0 Å². The third-order valence-electron chi connectivity index (χ3n) is 5.80. The highest BCUT2D eigenvalue weighted by molar-refractivity contribution is 9.10. The van der Waals surface area contributed by atoms with Crippen LogP contribution in [0.15, 0.2) is 56.4 Å². The summed E-state index contributed by atoms with van der Waals surface area (Å²) in [5, 5.41) is 0. The van der Waals surface area contributed by atoms with Crippen molar-refractivity contribution in [2.24, 2.45) is 4.99 Å². The molecule has 0 unspecified atom stereocenters. The standard InChI is InChI=1S/C27H27BrN2O7S/c1-6-36-19-9-8-15(11-22(19)37-7-2)24-17(26(32)35-5)14-29-27-30(24)25(31)23(38-27)12-16-10-18(28)21(34-4)13-20(16)33-3/h8-14,24H,6-7H2,1-5H3/b23-12-/t24-/m0/s1. The van der Waals surface area contributed by atoms with Gasteiger partial charge in [0.05, 0.1) is 55.2 Å². The first kappa shape index (κ1) is 27.5. The van der Waals surface area contributed by atoms with E-state index in [4.69, 9.17) is 23.7 Å². The molecule has 0 spiro atoms. The fraction of sp³-hybridized carbons (Fsp3) is 0.296. The molecule has 9 nitrogen and oxygen atoms in total. The van der Waals surface area contributed by atoms with Crippen molar-refractivity contribution in [3.8, 4) is 23.0 Å². The fourth-order valence-corrected chi connectivity index (χ4v) is 5.61. The SMILES string of the molecule is CCOc1ccc([C@H]2C(C(=O)OC)=CN=c3s/c(=C\c4cc(Br)c(OC)cc4OC)c(=O)n32)cc1OCC. The fourth-order valence-electron chi connectivity index (χ4n) is 4.12. The van der Waals surface area contributed by atoms with Crippen LogP contribution >= 0.6 is 27.3 Å². The third kappa shape index (κ3) is 5.21. The number of nitrogens with zero attached hydrogens (tertiary/aromatic N) is 2. The Morgan fingerprint density at radius 2 is 1.74 bits per heavy atom. The van der Waals surface area contributed by atoms with Crippen molar-refractivity contribution in [2.45, 2.75) is 19.9 Å². The summed E-state index contributed by atoms with van der Waals surface area (Å²) >= 11 is 4.70. The second kappa shape index (κ2) is 11.9. The van der Waals surface area contributed by atoms with E-state index in [-0.39, 0.29) is 11.1 Å². The van der Waals surface area contributed by atoms with Crippen LogP contribution in [-0.4, -0.2) is 45.1 Å². The molecule has 1 aliphatic rings. The highest BCUT2D eigenvalue weighted by atomic mass is 79.9. The Labute approximate surface area is 231 Å². The number of ether oxygens (including phenoxy) is 5. The van der Waals surface area contributed by atoms with Gasteiger partial charge in [-0.05, 0) is 59.6 Å². The Balaban J connectivity index is 1.92. The van der Waals surface area contributed by atoms with Gasteiger partial charge in [-0.3, -0.25) is 9.36 Å². The summed E-state index contributed by atoms with van der Waals surface area (Å²) in [6.45, 7) is 4.64. The van der Waals surface area contributed by atoms with Gasteiger partial charge in [-0.25, -0.2) is 9.79 Å². The van der Waals surface area contributed by atoms with E-state index in [9.17, 15) is 9.59 Å². The molecule has 200 valence electrons. The van der Waals surface area contributed by atoms with Crippen LogP contribution in [0.4, 0.5) is 0 Å². The summed E-state index contributed by atoms with van der Waals surface area (Å²) < 4.78 is 30.0. The number of thiazole rings is 1. The highest BCUT2D eigenvalue weighted by Crippen LogP contribution is 2.35. The summed E-state index contributed by atoms with van der Waals surface area (Å²) in [4.78, 5) is 31.4. The molecule has 0 N–H and O–H groups in total. The molecule has 0 bridgehead atoms. The predicted octanol–water partition coefficient (Wildman–Crippen LogP) is 3.60. The number of halogens is 1. The molecule has 1 aromatic heterocycles. The van der Waals surface area contributed by atoms with Crippen molar-refractivity contribution in [2.75, 3.05) is 34.5 Å². The lowest BCUT2D eigenvalue weighted by Gasteiger charge is -2.23. The molecule has 4 rings (SSSR count). The molecule has 3 aromatic rings. The molecule has 0 saturated carbocycles. The smallest absolute Gasteiger partial charge is 0.337 e. The molecular formula is C27H27BrN2O7S. The van der Waals surface area contributed by atoms with Crippen molar-refractivity contribution in [1.29, 1.82) is 0 Å². The number of methoxy groups -OCH3 is 3. The maximum atomic E-state index is 13.8. The van der Waals surface area contributed by atoms with Gasteiger partial charge >= 0.3 is 5.97 Å². The maximum Gasteiger partial charge on any atom is 0.337 e. The highest BCUT2D eigenvalue weighted by Gasteiger charge is 2.31. The largest absolute Gasteiger partial charge is 0.496 e. The van der Waals surface area contributed by atoms with Gasteiger partial charge in [-0.2, -0.15) is 0 Å². The molecule has 1 atom stereocenters. The lowest BCUT2D eigenvalue weighted by atomic mass is 9.97. The van der Waals surface area contributed by atoms with E-state index in [0.29, 0.717) is 61.1 Å². The van der Waals surface area contributed by atoms with Crippen molar-refractivity contribution in [1.82, 2.24) is 4.57 Å². The van der Waals surface area contributed by atoms with Crippen LogP contribution in [-0.2, 0) is 9.53 Å². The monoisotopic (exact) mass is 602 g/mol. The Morgan fingerprint density at radius 1 is 1.03 bits per heavy atom. The second-order valence-corrected chi connectivity index (χ2v) is 9.84. The second-order valence-electron chi connectivity index (χ2n) is 7.98. The predicted molar refractivity (Wildman–Crippen MR) is 147 cm³/mol. The van der Waals surface area contributed by atoms with E-state index < -0.39 is 12.0 Å². The number of aromatic nitrogens is 1. The summed E-state index contributed by atoms with van der Waals surface area (Å²) in [6, 6.07) is 8.13. The van der Waals surface area contributed by atoms with Crippen LogP contribution in [0.1, 0.15) is 31.0 Å². The minimum absolute atomic E-state index is 0.225. The lowest BCUT2D eigenvalue weighted by molar-refractivity contribution is -0.136. The molecule has 1 aliphatic heterocycles. The van der Waals surface area contributed by atoms with Gasteiger partial charge in [0.15, 0.2) is 16.3 Å². The Morgan fingerprint density at radius 3 is 2.39 bits per heavy atom. The maximum absolute atomic E-state index is 13.8. The molecule has 0 fully saturated rings. The minimum atomic E-state index is -0.778. The van der Waals surface area contributed by atoms with Crippen LogP contribution in [0.2, 0.25) is 0 Å². The van der Waals surface area contributed by atoms with Gasteiger partial charge < -0.3 is 23.7 Å². The number of fused-ring (bicyclic) bond motifs is 1. The van der Waals surface area contributed by atoms with Crippen molar-refractivity contribution in [3.05, 3.63) is 77.4 Å². The van der Waals surface area contributed by atoms with E-state index >= 15 is 0 Å². The van der Waals surface area contributed by atoms with Crippen LogP contribution < -0.4 is 33.8 Å². The van der Waals surface area contributed by atoms with Crippen molar-refractivity contribution < 1.29 is 28.5 Å². The van der Waals surface area contributed by atoms with Gasteiger partial charge in [0.2, 0.25) is 0 Å². The van der Waals surface area contributed by atoms with Gasteiger partial charge in [-0.15, -0.1) is 0 Å². The zero-order valence-electron chi connectivity index (χ0n) is 21.6. The number of esters is 1. The summed E-state index contributed by atoms with van der Waals surface area (Å²) in [7, 11) is 4.41. The molecule has 2 aromatic carbocycles. The van der Waals surface area contributed by atoms with E-state index in [2.05, 4.69) is 20.9 Å². The lowest BCUT2D eigenvalue weighted by Crippen LogP contribution is -2.39. The van der Waals surface area contributed by atoms with Crippen LogP contribution in [0.25, 0.3) is 6.08 Å². The Kier molecular flexibility index (Phi) is 8.58. The molecule has 11 heteroatoms. The number of rotatable bonds is 9. The number of benzene rings is 2. The summed E-state index contributed by atoms with van der Waals surface area (Å²) in [6.07, 6.45) is 3.18.